The van der Waals surface area contributed by atoms with E-state index in [1.165, 1.54) is 12.8 Å². The van der Waals surface area contributed by atoms with Gasteiger partial charge >= 0.3 is 0 Å². The Kier molecular flexibility index (Phi) is 4.35. The molecule has 2 rings (SSSR count). The van der Waals surface area contributed by atoms with Crippen LogP contribution in [0.25, 0.3) is 0 Å². The summed E-state index contributed by atoms with van der Waals surface area (Å²) < 4.78 is 0. The predicted molar refractivity (Wildman–Crippen MR) is 66.5 cm³/mol. The van der Waals surface area contributed by atoms with Crippen molar-refractivity contribution in [3.8, 4) is 0 Å². The molecule has 1 fully saturated rings. The number of rotatable bonds is 7. The molecule has 2 unspecified atom stereocenters. The van der Waals surface area contributed by atoms with Gasteiger partial charge in [0.2, 0.25) is 0 Å². The minimum Gasteiger partial charge on any atom is -0.261 e. The first-order chi connectivity index (χ1) is 7.86. The first-order valence-electron chi connectivity index (χ1n) is 6.43. The quantitative estimate of drug-likeness (QED) is 0.374. The molecule has 4 atom stereocenters. The molecule has 0 aromatic rings. The third-order valence-electron chi connectivity index (χ3n) is 3.82. The molecule has 0 aromatic carbocycles. The number of nitrogens with one attached hydrogen (secondary N) is 4. The SMILES string of the molecule is CCCC(CNNC)C1C=C[C@H]1[C@@H]1CNN1. The number of hydrogen-bond donors (Lipinski definition) is 4. The van der Waals surface area contributed by atoms with Crippen LogP contribution in [0.15, 0.2) is 12.2 Å². The van der Waals surface area contributed by atoms with E-state index in [0.717, 1.165) is 30.8 Å². The standard InChI is InChI=1S/C12H24N4/c1-3-4-9(7-14-13-2)10-5-6-11(10)12-8-15-16-12/h5-6,9-16H,3-4,7-8H2,1-2H3/t9?,10?,11-,12+/m1/s1. The summed E-state index contributed by atoms with van der Waals surface area (Å²) >= 11 is 0. The highest BCUT2D eigenvalue weighted by Gasteiger charge is 2.38. The highest BCUT2D eigenvalue weighted by atomic mass is 15.5. The Labute approximate surface area is 98.2 Å². The van der Waals surface area contributed by atoms with Crippen LogP contribution in [-0.2, 0) is 0 Å². The fourth-order valence-corrected chi connectivity index (χ4v) is 2.73. The Hall–Kier alpha value is -0.420. The molecule has 2 aliphatic rings. The van der Waals surface area contributed by atoms with Crippen molar-refractivity contribution in [2.45, 2.75) is 25.8 Å². The van der Waals surface area contributed by atoms with E-state index >= 15 is 0 Å². The van der Waals surface area contributed by atoms with Crippen molar-refractivity contribution >= 4 is 0 Å². The molecule has 0 spiro atoms. The molecule has 0 amide bonds. The van der Waals surface area contributed by atoms with E-state index in [1.807, 2.05) is 7.05 Å². The summed E-state index contributed by atoms with van der Waals surface area (Å²) in [5.74, 6) is 2.24. The van der Waals surface area contributed by atoms with Gasteiger partial charge in [-0.3, -0.25) is 21.7 Å². The Bertz CT molecular complexity index is 237. The largest absolute Gasteiger partial charge is 0.261 e. The lowest BCUT2D eigenvalue weighted by atomic mass is 9.68. The second-order valence-electron chi connectivity index (χ2n) is 4.85. The van der Waals surface area contributed by atoms with Gasteiger partial charge in [-0.05, 0) is 25.3 Å². The number of hydrazine groups is 2. The third-order valence-corrected chi connectivity index (χ3v) is 3.82. The maximum Gasteiger partial charge on any atom is 0.0420 e. The van der Waals surface area contributed by atoms with Crippen LogP contribution in [0.5, 0.6) is 0 Å². The van der Waals surface area contributed by atoms with Crippen LogP contribution in [-0.4, -0.2) is 26.2 Å². The second kappa shape index (κ2) is 5.77. The van der Waals surface area contributed by atoms with Gasteiger partial charge in [0.05, 0.1) is 0 Å². The summed E-state index contributed by atoms with van der Waals surface area (Å²) in [5, 5.41) is 0. The molecule has 1 heterocycles. The lowest BCUT2D eigenvalue weighted by Crippen LogP contribution is -2.64. The Morgan fingerprint density at radius 2 is 2.25 bits per heavy atom. The number of allylic oxidation sites excluding steroid dienone is 1. The van der Waals surface area contributed by atoms with E-state index < -0.39 is 0 Å². The molecular weight excluding hydrogens is 200 g/mol. The van der Waals surface area contributed by atoms with Crippen molar-refractivity contribution < 1.29 is 0 Å². The van der Waals surface area contributed by atoms with E-state index in [-0.39, 0.29) is 0 Å². The van der Waals surface area contributed by atoms with Crippen LogP contribution in [0.4, 0.5) is 0 Å². The van der Waals surface area contributed by atoms with Gasteiger partial charge in [0.15, 0.2) is 0 Å². The first kappa shape index (κ1) is 12.0. The van der Waals surface area contributed by atoms with Crippen molar-refractivity contribution in [3.63, 3.8) is 0 Å². The van der Waals surface area contributed by atoms with Crippen molar-refractivity contribution in [2.24, 2.45) is 17.8 Å². The van der Waals surface area contributed by atoms with Crippen LogP contribution in [0.1, 0.15) is 19.8 Å². The summed E-state index contributed by atoms with van der Waals surface area (Å²) in [6.45, 7) is 4.45. The van der Waals surface area contributed by atoms with Crippen LogP contribution < -0.4 is 21.7 Å². The fourth-order valence-electron chi connectivity index (χ4n) is 2.73. The average Bonchev–Trinajstić information content (AvgIpc) is 2.18. The van der Waals surface area contributed by atoms with Crippen molar-refractivity contribution in [1.82, 2.24) is 21.7 Å². The summed E-state index contributed by atoms with van der Waals surface area (Å²) in [4.78, 5) is 0. The van der Waals surface area contributed by atoms with E-state index in [2.05, 4.69) is 40.8 Å². The van der Waals surface area contributed by atoms with Crippen molar-refractivity contribution in [3.05, 3.63) is 12.2 Å². The molecule has 4 N–H and O–H groups in total. The third kappa shape index (κ3) is 2.46. The van der Waals surface area contributed by atoms with Gasteiger partial charge in [-0.15, -0.1) is 0 Å². The van der Waals surface area contributed by atoms with E-state index in [4.69, 9.17) is 0 Å². The zero-order valence-corrected chi connectivity index (χ0v) is 10.3. The molecule has 1 aliphatic heterocycles. The van der Waals surface area contributed by atoms with Gasteiger partial charge in [0.1, 0.15) is 0 Å². The molecule has 1 saturated heterocycles. The summed E-state index contributed by atoms with van der Waals surface area (Å²) in [5.41, 5.74) is 12.7. The highest BCUT2D eigenvalue weighted by Crippen LogP contribution is 2.37. The van der Waals surface area contributed by atoms with Crippen LogP contribution in [0, 0.1) is 17.8 Å². The summed E-state index contributed by atoms with van der Waals surface area (Å²) in [7, 11) is 1.94. The van der Waals surface area contributed by atoms with Gasteiger partial charge < -0.3 is 0 Å². The topological polar surface area (TPSA) is 48.1 Å². The first-order valence-corrected chi connectivity index (χ1v) is 6.43. The monoisotopic (exact) mass is 224 g/mol. The minimum absolute atomic E-state index is 0.656. The molecular formula is C12H24N4. The maximum absolute atomic E-state index is 3.29. The Morgan fingerprint density at radius 1 is 1.44 bits per heavy atom. The fraction of sp³-hybridized carbons (Fsp3) is 0.833. The molecule has 1 aliphatic carbocycles. The second-order valence-corrected chi connectivity index (χ2v) is 4.85. The predicted octanol–water partition coefficient (Wildman–Crippen LogP) is 0.405. The van der Waals surface area contributed by atoms with E-state index in [9.17, 15) is 0 Å². The molecule has 16 heavy (non-hydrogen) atoms. The normalized spacial score (nSPS) is 34.2. The summed E-state index contributed by atoms with van der Waals surface area (Å²) in [6.07, 6.45) is 7.33. The van der Waals surface area contributed by atoms with Gasteiger partial charge in [-0.25, -0.2) is 0 Å². The molecule has 0 radical (unpaired) electrons. The van der Waals surface area contributed by atoms with Gasteiger partial charge in [-0.1, -0.05) is 25.5 Å². The molecule has 4 nitrogen and oxygen atoms in total. The van der Waals surface area contributed by atoms with Gasteiger partial charge in [0.25, 0.3) is 0 Å². The van der Waals surface area contributed by atoms with Crippen LogP contribution >= 0.6 is 0 Å². The lowest BCUT2D eigenvalue weighted by Gasteiger charge is -2.45. The maximum atomic E-state index is 3.29. The lowest BCUT2D eigenvalue weighted by molar-refractivity contribution is 0.153. The zero-order chi connectivity index (χ0) is 11.4. The summed E-state index contributed by atoms with van der Waals surface area (Å²) in [6, 6.07) is 0.656. The van der Waals surface area contributed by atoms with Crippen LogP contribution in [0.3, 0.4) is 0 Å². The molecule has 0 aromatic heterocycles. The number of hydrogen-bond acceptors (Lipinski definition) is 4. The Balaban J connectivity index is 1.84. The van der Waals surface area contributed by atoms with Gasteiger partial charge in [-0.2, -0.15) is 0 Å². The van der Waals surface area contributed by atoms with Crippen LogP contribution in [0.2, 0.25) is 0 Å². The highest BCUT2D eigenvalue weighted by molar-refractivity contribution is 5.16. The molecule has 92 valence electrons. The van der Waals surface area contributed by atoms with E-state index in [1.54, 1.807) is 0 Å². The molecule has 4 heteroatoms. The Morgan fingerprint density at radius 3 is 2.69 bits per heavy atom. The smallest absolute Gasteiger partial charge is 0.0420 e. The minimum atomic E-state index is 0.656. The van der Waals surface area contributed by atoms with Crippen molar-refractivity contribution in [2.75, 3.05) is 20.1 Å². The van der Waals surface area contributed by atoms with Gasteiger partial charge in [0, 0.05) is 25.0 Å². The average molecular weight is 224 g/mol. The zero-order valence-electron chi connectivity index (χ0n) is 10.3. The van der Waals surface area contributed by atoms with E-state index in [0.29, 0.717) is 6.04 Å². The molecule has 0 bridgehead atoms. The molecule has 0 saturated carbocycles. The van der Waals surface area contributed by atoms with Crippen molar-refractivity contribution in [1.29, 1.82) is 0 Å².